The van der Waals surface area contributed by atoms with Crippen LogP contribution in [0.1, 0.15) is 17.5 Å². The molecule has 0 aromatic heterocycles. The van der Waals surface area contributed by atoms with Gasteiger partial charge in [0.2, 0.25) is 0 Å². The second kappa shape index (κ2) is 4.51. The van der Waals surface area contributed by atoms with Crippen molar-refractivity contribution in [3.63, 3.8) is 0 Å². The predicted octanol–water partition coefficient (Wildman–Crippen LogP) is 2.70. The molecule has 0 amide bonds. The SMILES string of the molecule is Cc1cc(Br)cc([C@@](N)(C(F)F)[C@H]2C[C@H]2O)c1F. The first kappa shape index (κ1) is 13.8. The number of benzene rings is 1. The fourth-order valence-corrected chi connectivity index (χ4v) is 2.79. The van der Waals surface area contributed by atoms with Gasteiger partial charge in [-0.2, -0.15) is 0 Å². The van der Waals surface area contributed by atoms with Crippen LogP contribution in [0, 0.1) is 18.7 Å². The molecule has 6 heteroatoms. The molecule has 18 heavy (non-hydrogen) atoms. The molecular formula is C12H13BrF3NO. The normalized spacial score (nSPS) is 26.2. The van der Waals surface area contributed by atoms with E-state index >= 15 is 0 Å². The molecule has 2 rings (SSSR count). The lowest BCUT2D eigenvalue weighted by molar-refractivity contribution is 0.0261. The van der Waals surface area contributed by atoms with Gasteiger partial charge in [-0.3, -0.25) is 0 Å². The molecule has 0 radical (unpaired) electrons. The van der Waals surface area contributed by atoms with Crippen LogP contribution in [0.3, 0.4) is 0 Å². The van der Waals surface area contributed by atoms with E-state index in [0.717, 1.165) is 0 Å². The van der Waals surface area contributed by atoms with Crippen LogP contribution >= 0.6 is 15.9 Å². The van der Waals surface area contributed by atoms with Crippen LogP contribution in [0.5, 0.6) is 0 Å². The highest BCUT2D eigenvalue weighted by Gasteiger charge is 2.57. The van der Waals surface area contributed by atoms with Crippen LogP contribution in [0.4, 0.5) is 13.2 Å². The Bertz CT molecular complexity index is 483. The standard InChI is InChI=1S/C12H13BrF3NO/c1-5-2-6(13)3-8(10(5)14)12(17,11(15)16)7-4-9(7)18/h2-3,7,9,11,18H,4,17H2,1H3/t7-,9+,12+/m0/s1. The monoisotopic (exact) mass is 323 g/mol. The van der Waals surface area contributed by atoms with Crippen LogP contribution in [0.25, 0.3) is 0 Å². The molecule has 1 saturated carbocycles. The van der Waals surface area contributed by atoms with E-state index in [1.807, 2.05) is 0 Å². The van der Waals surface area contributed by atoms with Crippen molar-refractivity contribution in [3.8, 4) is 0 Å². The van der Waals surface area contributed by atoms with Crippen molar-refractivity contribution in [3.05, 3.63) is 33.5 Å². The minimum atomic E-state index is -2.94. The molecular weight excluding hydrogens is 311 g/mol. The Morgan fingerprint density at radius 1 is 1.50 bits per heavy atom. The van der Waals surface area contributed by atoms with Crippen LogP contribution in [-0.4, -0.2) is 17.6 Å². The van der Waals surface area contributed by atoms with E-state index < -0.39 is 29.8 Å². The third kappa shape index (κ3) is 2.06. The van der Waals surface area contributed by atoms with E-state index in [9.17, 15) is 18.3 Å². The summed E-state index contributed by atoms with van der Waals surface area (Å²) in [5, 5.41) is 9.35. The van der Waals surface area contributed by atoms with Crippen LogP contribution in [0.15, 0.2) is 16.6 Å². The Kier molecular flexibility index (Phi) is 3.46. The van der Waals surface area contributed by atoms with Crippen LogP contribution in [-0.2, 0) is 5.54 Å². The van der Waals surface area contributed by atoms with Crippen molar-refractivity contribution in [2.75, 3.05) is 0 Å². The van der Waals surface area contributed by atoms with Crippen molar-refractivity contribution in [2.24, 2.45) is 11.7 Å². The number of hydrogen-bond donors (Lipinski definition) is 2. The third-order valence-corrected chi connectivity index (χ3v) is 3.88. The average Bonchev–Trinajstić information content (AvgIpc) is 3.00. The number of aliphatic hydroxyl groups is 1. The number of aliphatic hydroxyl groups excluding tert-OH is 1. The smallest absolute Gasteiger partial charge is 0.260 e. The van der Waals surface area contributed by atoms with Crippen molar-refractivity contribution < 1.29 is 18.3 Å². The number of halogens is 4. The third-order valence-electron chi connectivity index (χ3n) is 3.42. The van der Waals surface area contributed by atoms with Gasteiger partial charge in [0.05, 0.1) is 6.10 Å². The Morgan fingerprint density at radius 3 is 2.50 bits per heavy atom. The summed E-state index contributed by atoms with van der Waals surface area (Å²) in [5.74, 6) is -1.54. The zero-order valence-electron chi connectivity index (χ0n) is 9.63. The van der Waals surface area contributed by atoms with E-state index in [-0.39, 0.29) is 17.5 Å². The average molecular weight is 324 g/mol. The minimum Gasteiger partial charge on any atom is -0.393 e. The quantitative estimate of drug-likeness (QED) is 0.898. The zero-order chi connectivity index (χ0) is 13.7. The highest BCUT2D eigenvalue weighted by atomic mass is 79.9. The maximum Gasteiger partial charge on any atom is 0.260 e. The molecule has 3 N–H and O–H groups in total. The Labute approximate surface area is 111 Å². The van der Waals surface area contributed by atoms with Gasteiger partial charge in [0.25, 0.3) is 6.43 Å². The molecule has 2 nitrogen and oxygen atoms in total. The molecule has 1 aliphatic rings. The first-order valence-corrected chi connectivity index (χ1v) is 6.29. The summed E-state index contributed by atoms with van der Waals surface area (Å²) < 4.78 is 41.0. The molecule has 1 aromatic rings. The van der Waals surface area contributed by atoms with Gasteiger partial charge < -0.3 is 10.8 Å². The molecule has 0 aliphatic heterocycles. The minimum absolute atomic E-state index is 0.172. The summed E-state index contributed by atoms with van der Waals surface area (Å²) in [6.45, 7) is 1.48. The molecule has 1 fully saturated rings. The van der Waals surface area contributed by atoms with Gasteiger partial charge in [-0.1, -0.05) is 15.9 Å². The van der Waals surface area contributed by atoms with Crippen molar-refractivity contribution >= 4 is 15.9 Å². The molecule has 0 saturated heterocycles. The Balaban J connectivity index is 2.56. The number of rotatable bonds is 3. The van der Waals surface area contributed by atoms with Crippen molar-refractivity contribution in [1.29, 1.82) is 0 Å². The summed E-state index contributed by atoms with van der Waals surface area (Å²) in [6, 6.07) is 2.76. The van der Waals surface area contributed by atoms with Crippen LogP contribution in [0.2, 0.25) is 0 Å². The number of alkyl halides is 2. The Morgan fingerprint density at radius 2 is 2.06 bits per heavy atom. The molecule has 0 bridgehead atoms. The van der Waals surface area contributed by atoms with E-state index in [4.69, 9.17) is 5.73 Å². The van der Waals surface area contributed by atoms with Crippen molar-refractivity contribution in [1.82, 2.24) is 0 Å². The molecule has 1 aromatic carbocycles. The number of hydrogen-bond acceptors (Lipinski definition) is 2. The fraction of sp³-hybridized carbons (Fsp3) is 0.500. The summed E-state index contributed by atoms with van der Waals surface area (Å²) in [6.07, 6.45) is -3.66. The van der Waals surface area contributed by atoms with E-state index in [1.54, 1.807) is 0 Å². The maximum atomic E-state index is 14.0. The van der Waals surface area contributed by atoms with Crippen molar-refractivity contribution in [2.45, 2.75) is 31.4 Å². The van der Waals surface area contributed by atoms with Gasteiger partial charge in [-0.05, 0) is 31.0 Å². The fourth-order valence-electron chi connectivity index (χ4n) is 2.21. The van der Waals surface area contributed by atoms with Gasteiger partial charge in [0, 0.05) is 16.0 Å². The maximum absolute atomic E-state index is 14.0. The summed E-state index contributed by atoms with van der Waals surface area (Å²) >= 11 is 3.14. The second-order valence-electron chi connectivity index (χ2n) is 4.73. The highest BCUT2D eigenvalue weighted by Crippen LogP contribution is 2.48. The molecule has 1 aliphatic carbocycles. The topological polar surface area (TPSA) is 46.2 Å². The lowest BCUT2D eigenvalue weighted by Gasteiger charge is -2.30. The van der Waals surface area contributed by atoms with E-state index in [1.165, 1.54) is 19.1 Å². The van der Waals surface area contributed by atoms with Gasteiger partial charge in [-0.25, -0.2) is 13.2 Å². The largest absolute Gasteiger partial charge is 0.393 e. The molecule has 3 atom stereocenters. The second-order valence-corrected chi connectivity index (χ2v) is 5.64. The molecule has 0 unspecified atom stereocenters. The van der Waals surface area contributed by atoms with Gasteiger partial charge in [-0.15, -0.1) is 0 Å². The Hall–Kier alpha value is -0.590. The van der Waals surface area contributed by atoms with Gasteiger partial charge >= 0.3 is 0 Å². The molecule has 100 valence electrons. The van der Waals surface area contributed by atoms with Gasteiger partial charge in [0.15, 0.2) is 0 Å². The van der Waals surface area contributed by atoms with Gasteiger partial charge in [0.1, 0.15) is 11.4 Å². The summed E-state index contributed by atoms with van der Waals surface area (Å²) in [7, 11) is 0. The summed E-state index contributed by atoms with van der Waals surface area (Å²) in [4.78, 5) is 0. The molecule has 0 spiro atoms. The number of aryl methyl sites for hydroxylation is 1. The predicted molar refractivity (Wildman–Crippen MR) is 64.8 cm³/mol. The first-order valence-electron chi connectivity index (χ1n) is 5.49. The lowest BCUT2D eigenvalue weighted by Crippen LogP contribution is -2.48. The van der Waals surface area contributed by atoms with E-state index in [2.05, 4.69) is 15.9 Å². The van der Waals surface area contributed by atoms with E-state index in [0.29, 0.717) is 4.47 Å². The van der Waals surface area contributed by atoms with Crippen LogP contribution < -0.4 is 5.73 Å². The molecule has 0 heterocycles. The lowest BCUT2D eigenvalue weighted by atomic mass is 9.85. The summed E-state index contributed by atoms with van der Waals surface area (Å²) in [5.41, 5.74) is 3.58. The first-order chi connectivity index (χ1) is 8.28. The highest BCUT2D eigenvalue weighted by molar-refractivity contribution is 9.10. The zero-order valence-corrected chi connectivity index (χ0v) is 11.2. The number of nitrogens with two attached hydrogens (primary N) is 1.